The van der Waals surface area contributed by atoms with Crippen molar-refractivity contribution in [2.24, 2.45) is 0 Å². The smallest absolute Gasteiger partial charge is 0.266 e. The van der Waals surface area contributed by atoms with Crippen LogP contribution in [0.2, 0.25) is 0 Å². The van der Waals surface area contributed by atoms with Crippen LogP contribution in [0.15, 0.2) is 66.7 Å². The highest BCUT2D eigenvalue weighted by Crippen LogP contribution is 2.34. The number of amides is 2. The van der Waals surface area contributed by atoms with E-state index >= 15 is 0 Å². The number of anilines is 1. The first-order chi connectivity index (χ1) is 14.2. The summed E-state index contributed by atoms with van der Waals surface area (Å²) in [5.41, 5.74) is 3.29. The number of aromatic nitrogens is 1. The number of carbonyl (C=O) groups is 2. The Morgan fingerprint density at radius 3 is 2.28 bits per heavy atom. The zero-order valence-corrected chi connectivity index (χ0v) is 16.4. The van der Waals surface area contributed by atoms with Gasteiger partial charge in [-0.2, -0.15) is 0 Å². The van der Waals surface area contributed by atoms with Gasteiger partial charge in [-0.05, 0) is 61.5 Å². The number of hydrogen-bond acceptors (Lipinski definition) is 5. The maximum Gasteiger partial charge on any atom is 0.266 e. The largest absolute Gasteiger partial charge is 0.494 e. The van der Waals surface area contributed by atoms with E-state index in [1.807, 2.05) is 37.3 Å². The van der Waals surface area contributed by atoms with Crippen LogP contribution >= 0.6 is 11.3 Å². The quantitative estimate of drug-likeness (QED) is 0.444. The summed E-state index contributed by atoms with van der Waals surface area (Å²) in [4.78, 5) is 31.2. The number of fused-ring (bicyclic) bond motifs is 2. The highest BCUT2D eigenvalue weighted by atomic mass is 32.1. The average molecular weight is 400 g/mol. The molecule has 142 valence electrons. The van der Waals surface area contributed by atoms with E-state index in [1.54, 1.807) is 47.7 Å². The molecule has 2 heterocycles. The molecule has 0 saturated heterocycles. The maximum absolute atomic E-state index is 12.6. The summed E-state index contributed by atoms with van der Waals surface area (Å²) >= 11 is 1.58. The molecule has 1 aliphatic rings. The third-order valence-electron chi connectivity index (χ3n) is 4.84. The van der Waals surface area contributed by atoms with Crippen molar-refractivity contribution < 1.29 is 14.3 Å². The van der Waals surface area contributed by atoms with Crippen molar-refractivity contribution in [2.45, 2.75) is 6.92 Å². The first-order valence-corrected chi connectivity index (χ1v) is 10.1. The lowest BCUT2D eigenvalue weighted by molar-refractivity contribution is 0.0926. The molecular weight excluding hydrogens is 384 g/mol. The van der Waals surface area contributed by atoms with Gasteiger partial charge in [0.1, 0.15) is 10.8 Å². The molecule has 5 nitrogen and oxygen atoms in total. The molecule has 3 aromatic carbocycles. The molecule has 0 unspecified atom stereocenters. The molecule has 1 aromatic heterocycles. The molecule has 0 fully saturated rings. The fourth-order valence-corrected chi connectivity index (χ4v) is 4.46. The van der Waals surface area contributed by atoms with E-state index in [0.29, 0.717) is 23.4 Å². The van der Waals surface area contributed by atoms with Gasteiger partial charge in [-0.25, -0.2) is 9.88 Å². The van der Waals surface area contributed by atoms with E-state index in [2.05, 4.69) is 4.98 Å². The molecule has 1 aliphatic heterocycles. The molecule has 6 heteroatoms. The van der Waals surface area contributed by atoms with E-state index in [-0.39, 0.29) is 11.8 Å². The monoisotopic (exact) mass is 400 g/mol. The summed E-state index contributed by atoms with van der Waals surface area (Å²) in [6.45, 7) is 2.58. The van der Waals surface area contributed by atoms with E-state index in [9.17, 15) is 9.59 Å². The minimum Gasteiger partial charge on any atom is -0.494 e. The molecule has 2 amide bonds. The summed E-state index contributed by atoms with van der Waals surface area (Å²) in [7, 11) is 0. The molecule has 0 atom stereocenters. The number of nitrogens with zero attached hydrogens (tertiary/aromatic N) is 2. The molecule has 0 bridgehead atoms. The number of rotatable bonds is 4. The van der Waals surface area contributed by atoms with Crippen LogP contribution in [0, 0.1) is 0 Å². The number of ether oxygens (including phenoxy) is 1. The van der Waals surface area contributed by atoms with Crippen molar-refractivity contribution in [3.63, 3.8) is 0 Å². The number of carbonyl (C=O) groups excluding carboxylic acids is 2. The van der Waals surface area contributed by atoms with Gasteiger partial charge >= 0.3 is 0 Å². The first-order valence-electron chi connectivity index (χ1n) is 9.27. The lowest BCUT2D eigenvalue weighted by Crippen LogP contribution is -2.29. The number of hydrogen-bond donors (Lipinski definition) is 0. The SMILES string of the molecule is CCOc1ccc2nc(-c3ccc(N4C(=O)c5ccccc5C4=O)cc3)sc2c1. The van der Waals surface area contributed by atoms with Crippen LogP contribution < -0.4 is 9.64 Å². The highest BCUT2D eigenvalue weighted by Gasteiger charge is 2.36. The van der Waals surface area contributed by atoms with Gasteiger partial charge in [-0.3, -0.25) is 9.59 Å². The number of thiazole rings is 1. The Morgan fingerprint density at radius 1 is 0.931 bits per heavy atom. The first kappa shape index (κ1) is 17.6. The Bertz CT molecular complexity index is 1230. The Kier molecular flexibility index (Phi) is 4.14. The van der Waals surface area contributed by atoms with Crippen molar-refractivity contribution >= 4 is 39.1 Å². The van der Waals surface area contributed by atoms with Crippen molar-refractivity contribution in [3.8, 4) is 16.3 Å². The second-order valence-electron chi connectivity index (χ2n) is 6.62. The van der Waals surface area contributed by atoms with Crippen LogP contribution in [0.4, 0.5) is 5.69 Å². The Labute approximate surface area is 171 Å². The molecule has 4 aromatic rings. The van der Waals surface area contributed by atoms with Gasteiger partial charge in [-0.1, -0.05) is 12.1 Å². The minimum atomic E-state index is -0.290. The lowest BCUT2D eigenvalue weighted by Gasteiger charge is -2.14. The zero-order chi connectivity index (χ0) is 20.0. The normalized spacial score (nSPS) is 13.2. The predicted octanol–water partition coefficient (Wildman–Crippen LogP) is 5.16. The second kappa shape index (κ2) is 6.83. The van der Waals surface area contributed by atoms with Crippen LogP contribution in [0.3, 0.4) is 0 Å². The summed E-state index contributed by atoms with van der Waals surface area (Å²) in [5, 5.41) is 0.877. The fraction of sp³-hybridized carbons (Fsp3) is 0.0870. The zero-order valence-electron chi connectivity index (χ0n) is 15.6. The number of imide groups is 1. The van der Waals surface area contributed by atoms with Gasteiger partial charge in [0.05, 0.1) is 33.6 Å². The highest BCUT2D eigenvalue weighted by molar-refractivity contribution is 7.21. The molecule has 0 N–H and O–H groups in total. The average Bonchev–Trinajstić information content (AvgIpc) is 3.28. The summed E-state index contributed by atoms with van der Waals surface area (Å²) in [6, 6.07) is 20.1. The van der Waals surface area contributed by atoms with Gasteiger partial charge in [-0.15, -0.1) is 11.3 Å². The Balaban J connectivity index is 1.46. The number of benzene rings is 3. The molecule has 0 radical (unpaired) electrons. The standard InChI is InChI=1S/C23H16N2O3S/c1-2-28-16-11-12-19-20(13-16)29-21(24-19)14-7-9-15(10-8-14)25-22(26)17-5-3-4-6-18(17)23(25)27/h3-13H,2H2,1H3. The van der Waals surface area contributed by atoms with Gasteiger partial charge in [0.25, 0.3) is 11.8 Å². The molecular formula is C23H16N2O3S. The van der Waals surface area contributed by atoms with E-state index in [0.717, 1.165) is 26.5 Å². The van der Waals surface area contributed by atoms with Gasteiger partial charge in [0.15, 0.2) is 0 Å². The van der Waals surface area contributed by atoms with Crippen molar-refractivity contribution in [1.82, 2.24) is 4.98 Å². The third kappa shape index (κ3) is 2.89. The van der Waals surface area contributed by atoms with E-state index in [1.165, 1.54) is 4.90 Å². The second-order valence-corrected chi connectivity index (χ2v) is 7.65. The molecule has 0 spiro atoms. The van der Waals surface area contributed by atoms with Gasteiger partial charge < -0.3 is 4.74 Å². The Morgan fingerprint density at radius 2 is 1.62 bits per heavy atom. The molecule has 29 heavy (non-hydrogen) atoms. The van der Waals surface area contributed by atoms with E-state index < -0.39 is 0 Å². The minimum absolute atomic E-state index is 0.290. The van der Waals surface area contributed by atoms with Crippen molar-refractivity contribution in [1.29, 1.82) is 0 Å². The van der Waals surface area contributed by atoms with Crippen LogP contribution in [0.5, 0.6) is 5.75 Å². The van der Waals surface area contributed by atoms with E-state index in [4.69, 9.17) is 4.74 Å². The summed E-state index contributed by atoms with van der Waals surface area (Å²) < 4.78 is 6.61. The lowest BCUT2D eigenvalue weighted by atomic mass is 10.1. The molecule has 0 saturated carbocycles. The van der Waals surface area contributed by atoms with Crippen molar-refractivity contribution in [3.05, 3.63) is 77.9 Å². The molecule has 0 aliphatic carbocycles. The van der Waals surface area contributed by atoms with Crippen LogP contribution in [-0.4, -0.2) is 23.4 Å². The fourth-order valence-electron chi connectivity index (χ4n) is 3.46. The van der Waals surface area contributed by atoms with Crippen LogP contribution in [-0.2, 0) is 0 Å². The summed E-state index contributed by atoms with van der Waals surface area (Å²) in [5.74, 6) is 0.250. The third-order valence-corrected chi connectivity index (χ3v) is 5.90. The van der Waals surface area contributed by atoms with Crippen molar-refractivity contribution in [2.75, 3.05) is 11.5 Å². The predicted molar refractivity (Wildman–Crippen MR) is 114 cm³/mol. The maximum atomic E-state index is 12.6. The topological polar surface area (TPSA) is 59.5 Å². The van der Waals surface area contributed by atoms with Gasteiger partial charge in [0, 0.05) is 5.56 Å². The summed E-state index contributed by atoms with van der Waals surface area (Å²) in [6.07, 6.45) is 0. The van der Waals surface area contributed by atoms with Crippen LogP contribution in [0.1, 0.15) is 27.6 Å². The Hall–Kier alpha value is -3.51. The van der Waals surface area contributed by atoms with Crippen LogP contribution in [0.25, 0.3) is 20.8 Å². The molecule has 5 rings (SSSR count). The van der Waals surface area contributed by atoms with Gasteiger partial charge in [0.2, 0.25) is 0 Å².